The molecule has 1 aliphatic carbocycles. The first-order valence-corrected chi connectivity index (χ1v) is 5.23. The molecule has 0 spiro atoms. The minimum atomic E-state index is 0.00287. The average molecular weight is 222 g/mol. The van der Waals surface area contributed by atoms with E-state index in [2.05, 4.69) is 0 Å². The van der Waals surface area contributed by atoms with Crippen LogP contribution in [-0.2, 0) is 0 Å². The topological polar surface area (TPSA) is 55.8 Å². The number of carbonyl (C=O) groups is 1. The van der Waals surface area contributed by atoms with Gasteiger partial charge in [-0.15, -0.1) is 0 Å². The largest absolute Gasteiger partial charge is 0.504 e. The fourth-order valence-electron chi connectivity index (χ4n) is 1.44. The first kappa shape index (κ1) is 10.8. The van der Waals surface area contributed by atoms with Crippen molar-refractivity contribution < 1.29 is 19.4 Å². The summed E-state index contributed by atoms with van der Waals surface area (Å²) in [6.07, 6.45) is 3.04. The van der Waals surface area contributed by atoms with Gasteiger partial charge in [-0.05, 0) is 24.8 Å². The smallest absolute Gasteiger partial charge is 0.161 e. The third-order valence-corrected chi connectivity index (χ3v) is 2.61. The van der Waals surface area contributed by atoms with Crippen LogP contribution in [0.4, 0.5) is 0 Å². The molecule has 0 radical (unpaired) electrons. The van der Waals surface area contributed by atoms with Crippen molar-refractivity contribution in [2.75, 3.05) is 13.7 Å². The van der Waals surface area contributed by atoms with Crippen LogP contribution in [0.2, 0.25) is 0 Å². The van der Waals surface area contributed by atoms with Crippen molar-refractivity contribution in [2.45, 2.75) is 12.8 Å². The van der Waals surface area contributed by atoms with Gasteiger partial charge in [0.15, 0.2) is 17.8 Å². The minimum absolute atomic E-state index is 0.00287. The van der Waals surface area contributed by atoms with Crippen molar-refractivity contribution in [1.82, 2.24) is 0 Å². The maximum absolute atomic E-state index is 10.8. The highest BCUT2D eigenvalue weighted by atomic mass is 16.5. The molecule has 0 atom stereocenters. The quantitative estimate of drug-likeness (QED) is 0.774. The Labute approximate surface area is 93.8 Å². The van der Waals surface area contributed by atoms with Gasteiger partial charge >= 0.3 is 0 Å². The van der Waals surface area contributed by atoms with Gasteiger partial charge in [-0.25, -0.2) is 0 Å². The third kappa shape index (κ3) is 2.27. The van der Waals surface area contributed by atoms with Crippen LogP contribution in [0.1, 0.15) is 23.2 Å². The number of methoxy groups -OCH3 is 1. The maximum Gasteiger partial charge on any atom is 0.161 e. The molecule has 4 nitrogen and oxygen atoms in total. The zero-order valence-corrected chi connectivity index (χ0v) is 9.10. The highest BCUT2D eigenvalue weighted by Gasteiger charge is 2.22. The number of ether oxygens (including phenoxy) is 2. The summed E-state index contributed by atoms with van der Waals surface area (Å²) >= 11 is 0. The van der Waals surface area contributed by atoms with Gasteiger partial charge < -0.3 is 14.6 Å². The molecule has 0 aromatic heterocycles. The van der Waals surface area contributed by atoms with Gasteiger partial charge in [-0.1, -0.05) is 0 Å². The van der Waals surface area contributed by atoms with E-state index in [1.165, 1.54) is 32.1 Å². The van der Waals surface area contributed by atoms with E-state index in [1.807, 2.05) is 0 Å². The summed E-state index contributed by atoms with van der Waals surface area (Å²) in [4.78, 5) is 10.8. The number of benzene rings is 1. The van der Waals surface area contributed by atoms with E-state index in [1.54, 1.807) is 0 Å². The van der Waals surface area contributed by atoms with Crippen LogP contribution in [0.3, 0.4) is 0 Å². The molecule has 0 saturated heterocycles. The van der Waals surface area contributed by atoms with E-state index in [0.29, 0.717) is 35.9 Å². The van der Waals surface area contributed by atoms with Crippen LogP contribution in [0, 0.1) is 5.92 Å². The van der Waals surface area contributed by atoms with E-state index in [-0.39, 0.29) is 5.75 Å². The second-order valence-electron chi connectivity index (χ2n) is 3.93. The molecule has 0 aliphatic heterocycles. The van der Waals surface area contributed by atoms with Crippen LogP contribution in [0.25, 0.3) is 0 Å². The lowest BCUT2D eigenvalue weighted by atomic mass is 10.2. The molecule has 1 aliphatic rings. The molecule has 0 heterocycles. The number of aldehydes is 1. The van der Waals surface area contributed by atoms with Gasteiger partial charge in [-0.2, -0.15) is 0 Å². The molecule has 1 N–H and O–H groups in total. The number of rotatable bonds is 5. The Kier molecular flexibility index (Phi) is 2.99. The highest BCUT2D eigenvalue weighted by Crippen LogP contribution is 2.35. The summed E-state index contributed by atoms with van der Waals surface area (Å²) in [6, 6.07) is 2.90. The number of hydrogen-bond donors (Lipinski definition) is 1. The van der Waals surface area contributed by atoms with Crippen molar-refractivity contribution in [3.8, 4) is 17.2 Å². The van der Waals surface area contributed by atoms with Crippen LogP contribution < -0.4 is 9.47 Å². The second kappa shape index (κ2) is 4.43. The normalized spacial score (nSPS) is 14.6. The highest BCUT2D eigenvalue weighted by molar-refractivity contribution is 5.81. The number of hydrogen-bond acceptors (Lipinski definition) is 4. The van der Waals surface area contributed by atoms with Gasteiger partial charge in [0, 0.05) is 6.07 Å². The predicted molar refractivity (Wildman–Crippen MR) is 58.3 cm³/mol. The monoisotopic (exact) mass is 222 g/mol. The van der Waals surface area contributed by atoms with Crippen molar-refractivity contribution >= 4 is 6.29 Å². The first-order valence-electron chi connectivity index (χ1n) is 5.23. The minimum Gasteiger partial charge on any atom is -0.504 e. The Morgan fingerprint density at radius 3 is 2.75 bits per heavy atom. The summed E-state index contributed by atoms with van der Waals surface area (Å²) in [6.45, 7) is 0.595. The first-order chi connectivity index (χ1) is 7.74. The zero-order chi connectivity index (χ0) is 11.5. The third-order valence-electron chi connectivity index (χ3n) is 2.61. The Balaban J connectivity index is 2.18. The van der Waals surface area contributed by atoms with Crippen LogP contribution in [0.5, 0.6) is 17.2 Å². The summed E-state index contributed by atoms with van der Waals surface area (Å²) in [7, 11) is 1.45. The summed E-state index contributed by atoms with van der Waals surface area (Å²) < 4.78 is 10.4. The van der Waals surface area contributed by atoms with Crippen LogP contribution >= 0.6 is 0 Å². The van der Waals surface area contributed by atoms with E-state index < -0.39 is 0 Å². The SMILES string of the molecule is COc1cc(O)c(OCC2CC2)cc1C=O. The molecular weight excluding hydrogens is 208 g/mol. The molecule has 0 bridgehead atoms. The fourth-order valence-corrected chi connectivity index (χ4v) is 1.44. The predicted octanol–water partition coefficient (Wildman–Crippen LogP) is 2.00. The van der Waals surface area contributed by atoms with Gasteiger partial charge in [0.05, 0.1) is 19.3 Å². The van der Waals surface area contributed by atoms with E-state index >= 15 is 0 Å². The van der Waals surface area contributed by atoms with Crippen molar-refractivity contribution in [2.24, 2.45) is 5.92 Å². The lowest BCUT2D eigenvalue weighted by Gasteiger charge is -2.10. The van der Waals surface area contributed by atoms with Gasteiger partial charge in [0.2, 0.25) is 0 Å². The summed E-state index contributed by atoms with van der Waals surface area (Å²) in [5, 5.41) is 9.65. The van der Waals surface area contributed by atoms with Gasteiger partial charge in [-0.3, -0.25) is 4.79 Å². The fraction of sp³-hybridized carbons (Fsp3) is 0.417. The molecule has 86 valence electrons. The maximum atomic E-state index is 10.8. The van der Waals surface area contributed by atoms with E-state index in [0.717, 1.165) is 0 Å². The van der Waals surface area contributed by atoms with E-state index in [9.17, 15) is 9.90 Å². The average Bonchev–Trinajstić information content (AvgIpc) is 3.11. The summed E-state index contributed by atoms with van der Waals surface area (Å²) in [5.41, 5.74) is 0.381. The molecular formula is C12H14O4. The molecule has 1 fully saturated rings. The van der Waals surface area contributed by atoms with Gasteiger partial charge in [0.1, 0.15) is 5.75 Å². The van der Waals surface area contributed by atoms with Crippen molar-refractivity contribution in [3.05, 3.63) is 17.7 Å². The zero-order valence-electron chi connectivity index (χ0n) is 9.10. The molecule has 4 heteroatoms. The van der Waals surface area contributed by atoms with Crippen LogP contribution in [0.15, 0.2) is 12.1 Å². The van der Waals surface area contributed by atoms with Crippen molar-refractivity contribution in [3.63, 3.8) is 0 Å². The Morgan fingerprint density at radius 1 is 1.44 bits per heavy atom. The molecule has 1 aromatic rings. The molecule has 0 unspecified atom stereocenters. The number of aromatic hydroxyl groups is 1. The number of carbonyl (C=O) groups excluding carboxylic acids is 1. The summed E-state index contributed by atoms with van der Waals surface area (Å²) in [5.74, 6) is 1.30. The molecule has 0 amide bonds. The molecule has 1 saturated carbocycles. The lowest BCUT2D eigenvalue weighted by Crippen LogP contribution is -2.00. The molecule has 16 heavy (non-hydrogen) atoms. The van der Waals surface area contributed by atoms with Crippen molar-refractivity contribution in [1.29, 1.82) is 0 Å². The number of phenolic OH excluding ortho intramolecular Hbond substituents is 1. The standard InChI is InChI=1S/C12H14O4/c1-15-11-5-10(14)12(4-9(11)6-13)16-7-8-2-3-8/h4-6,8,14H,2-3,7H2,1H3. The van der Waals surface area contributed by atoms with Gasteiger partial charge in [0.25, 0.3) is 0 Å². The Morgan fingerprint density at radius 2 is 2.19 bits per heavy atom. The lowest BCUT2D eigenvalue weighted by molar-refractivity contribution is 0.112. The second-order valence-corrected chi connectivity index (χ2v) is 3.93. The molecule has 1 aromatic carbocycles. The molecule has 2 rings (SSSR count). The Hall–Kier alpha value is -1.71. The van der Waals surface area contributed by atoms with Crippen LogP contribution in [-0.4, -0.2) is 25.1 Å². The Bertz CT molecular complexity index is 396. The van der Waals surface area contributed by atoms with E-state index in [4.69, 9.17) is 9.47 Å². The number of phenols is 1.